The molecule has 1 aliphatic rings. The lowest BCUT2D eigenvalue weighted by Crippen LogP contribution is -2.63. The summed E-state index contributed by atoms with van der Waals surface area (Å²) in [6, 6.07) is 1.57. The maximum absolute atomic E-state index is 11.9. The van der Waals surface area contributed by atoms with Crippen molar-refractivity contribution in [3.8, 4) is 0 Å². The molecule has 1 saturated heterocycles. The zero-order valence-electron chi connectivity index (χ0n) is 18.6. The van der Waals surface area contributed by atoms with Gasteiger partial charge in [0, 0.05) is 26.8 Å². The highest BCUT2D eigenvalue weighted by Gasteiger charge is 2.51. The number of carbonyl (C=O) groups is 3. The third-order valence-corrected chi connectivity index (χ3v) is 4.72. The monoisotopic (exact) mass is 512 g/mol. The van der Waals surface area contributed by atoms with Gasteiger partial charge in [-0.15, -0.1) is 0 Å². The van der Waals surface area contributed by atoms with Crippen LogP contribution in [0.5, 0.6) is 0 Å². The van der Waals surface area contributed by atoms with Crippen LogP contribution >= 0.6 is 12.2 Å². The van der Waals surface area contributed by atoms with Gasteiger partial charge in [-0.1, -0.05) is 0 Å². The number of nitro groups is 2. The first-order chi connectivity index (χ1) is 16.4. The Morgan fingerprint density at radius 1 is 1.09 bits per heavy atom. The summed E-state index contributed by atoms with van der Waals surface area (Å²) < 4.78 is 21.4. The molecule has 1 aliphatic heterocycles. The van der Waals surface area contributed by atoms with Crippen molar-refractivity contribution < 1.29 is 43.2 Å². The first-order valence-electron chi connectivity index (χ1n) is 9.84. The number of anilines is 1. The fraction of sp³-hybridized carbons (Fsp3) is 0.474. The van der Waals surface area contributed by atoms with Gasteiger partial charge < -0.3 is 24.3 Å². The van der Waals surface area contributed by atoms with Crippen LogP contribution in [0.15, 0.2) is 23.2 Å². The van der Waals surface area contributed by atoms with Crippen molar-refractivity contribution in [2.45, 2.75) is 51.4 Å². The van der Waals surface area contributed by atoms with Gasteiger partial charge in [-0.3, -0.25) is 34.6 Å². The molecule has 1 heterocycles. The van der Waals surface area contributed by atoms with Crippen LogP contribution in [0.2, 0.25) is 0 Å². The van der Waals surface area contributed by atoms with Crippen LogP contribution in [0.3, 0.4) is 0 Å². The minimum absolute atomic E-state index is 0.212. The normalized spacial score (nSPS) is 23.2. The summed E-state index contributed by atoms with van der Waals surface area (Å²) in [6.45, 7) is 2.87. The van der Waals surface area contributed by atoms with Crippen molar-refractivity contribution in [2.24, 2.45) is 4.99 Å². The molecule has 15 nitrogen and oxygen atoms in total. The molecule has 0 unspecified atom stereocenters. The van der Waals surface area contributed by atoms with Crippen LogP contribution in [-0.4, -0.2) is 70.1 Å². The number of nitro benzene ring substituents is 2. The number of thiocarbonyl (C=S) groups is 1. The van der Waals surface area contributed by atoms with Gasteiger partial charge in [-0.05, 0) is 18.3 Å². The minimum atomic E-state index is -1.38. The van der Waals surface area contributed by atoms with E-state index in [2.05, 4.69) is 27.7 Å². The molecule has 0 amide bonds. The van der Waals surface area contributed by atoms with Crippen LogP contribution in [0, 0.1) is 20.2 Å². The summed E-state index contributed by atoms with van der Waals surface area (Å²) in [5, 5.41) is 27.4. The predicted octanol–water partition coefficient (Wildman–Crippen LogP) is 1.54. The summed E-state index contributed by atoms with van der Waals surface area (Å²) >= 11 is 4.65. The molecule has 1 aromatic rings. The molecule has 1 N–H and O–H groups in total. The third-order valence-electron chi connectivity index (χ3n) is 4.61. The number of nitrogens with zero attached hydrogens (tertiary/aromatic N) is 3. The largest absolute Gasteiger partial charge is 0.463 e. The number of rotatable bonds is 9. The Bertz CT molecular complexity index is 1070. The van der Waals surface area contributed by atoms with Crippen molar-refractivity contribution >= 4 is 52.3 Å². The van der Waals surface area contributed by atoms with E-state index < -0.39 is 76.3 Å². The number of hydrogen-bond donors (Lipinski definition) is 1. The van der Waals surface area contributed by atoms with Crippen LogP contribution in [0.25, 0.3) is 0 Å². The number of benzene rings is 1. The molecule has 0 radical (unpaired) electrons. The summed E-state index contributed by atoms with van der Waals surface area (Å²) in [4.78, 5) is 59.8. The molecule has 1 aromatic carbocycles. The van der Waals surface area contributed by atoms with Gasteiger partial charge >= 0.3 is 17.9 Å². The van der Waals surface area contributed by atoms with E-state index in [-0.39, 0.29) is 5.69 Å². The molecule has 5 atom stereocenters. The number of nitrogens with one attached hydrogen (secondary N) is 1. The maximum Gasteiger partial charge on any atom is 0.303 e. The quantitative estimate of drug-likeness (QED) is 0.125. The van der Waals surface area contributed by atoms with Gasteiger partial charge in [-0.25, -0.2) is 0 Å². The van der Waals surface area contributed by atoms with Crippen molar-refractivity contribution in [1.29, 1.82) is 0 Å². The number of non-ortho nitro benzene ring substituents is 1. The Labute approximate surface area is 202 Å². The average Bonchev–Trinajstić information content (AvgIpc) is 2.75. The van der Waals surface area contributed by atoms with Crippen molar-refractivity contribution in [2.75, 3.05) is 11.9 Å². The van der Waals surface area contributed by atoms with E-state index in [1.54, 1.807) is 0 Å². The lowest BCUT2D eigenvalue weighted by Gasteiger charge is -2.43. The third kappa shape index (κ3) is 7.23. The first-order valence-corrected chi connectivity index (χ1v) is 10.2. The lowest BCUT2D eigenvalue weighted by molar-refractivity contribution is -0.393. The second-order valence-electron chi connectivity index (χ2n) is 7.12. The summed E-state index contributed by atoms with van der Waals surface area (Å²) in [5.74, 6) is -2.27. The number of carbonyl (C=O) groups excluding carboxylic acids is 3. The number of ether oxygens (including phenoxy) is 4. The number of aliphatic imine (C=N–C) groups is 1. The topological polar surface area (TPSA) is 199 Å². The highest BCUT2D eigenvalue weighted by molar-refractivity contribution is 7.78. The molecule has 188 valence electrons. The maximum atomic E-state index is 11.9. The SMILES string of the molecule is CC(=O)OC[C@H]1O[C@H](N=C=S)[C@H](Nc2ccc([N+](=O)[O-])cc2[N+](=O)[O-])[C@@H](OC(C)=O)[C@@H]1OC(C)=O. The summed E-state index contributed by atoms with van der Waals surface area (Å²) in [5.41, 5.74) is -1.42. The van der Waals surface area contributed by atoms with E-state index in [0.717, 1.165) is 39.0 Å². The van der Waals surface area contributed by atoms with Gasteiger partial charge in [0.15, 0.2) is 18.4 Å². The van der Waals surface area contributed by atoms with Crippen LogP contribution in [-0.2, 0) is 33.3 Å². The fourth-order valence-corrected chi connectivity index (χ4v) is 3.43. The molecule has 0 aliphatic carbocycles. The molecular formula is C19H20N4O11S. The molecular weight excluding hydrogens is 492 g/mol. The molecule has 0 saturated carbocycles. The van der Waals surface area contributed by atoms with E-state index in [9.17, 15) is 34.6 Å². The average molecular weight is 512 g/mol. The molecule has 35 heavy (non-hydrogen) atoms. The second-order valence-corrected chi connectivity index (χ2v) is 7.30. The zero-order chi connectivity index (χ0) is 26.3. The predicted molar refractivity (Wildman–Crippen MR) is 119 cm³/mol. The van der Waals surface area contributed by atoms with Gasteiger partial charge in [-0.2, -0.15) is 4.99 Å². The standard InChI is InChI=1S/C19H20N4O11S/c1-9(24)31-7-15-17(32-10(2)25)18(33-11(3)26)16(19(34-15)20-8-35)21-13-5-4-12(22(27)28)6-14(13)23(29)30/h4-6,15-19,21H,7H2,1-3H3/t15-,16-,17-,18-,19+/m1/s1. The van der Waals surface area contributed by atoms with E-state index >= 15 is 0 Å². The number of hydrogen-bond acceptors (Lipinski definition) is 14. The molecule has 0 bridgehead atoms. The molecule has 1 fully saturated rings. The van der Waals surface area contributed by atoms with E-state index in [1.165, 1.54) is 0 Å². The van der Waals surface area contributed by atoms with Gasteiger partial charge in [0.2, 0.25) is 0 Å². The van der Waals surface area contributed by atoms with E-state index in [4.69, 9.17) is 18.9 Å². The van der Waals surface area contributed by atoms with Crippen LogP contribution in [0.4, 0.5) is 17.1 Å². The van der Waals surface area contributed by atoms with Crippen molar-refractivity contribution in [1.82, 2.24) is 0 Å². The van der Waals surface area contributed by atoms with Crippen LogP contribution in [0.1, 0.15) is 20.8 Å². The first kappa shape index (κ1) is 27.2. The highest BCUT2D eigenvalue weighted by atomic mass is 32.1. The minimum Gasteiger partial charge on any atom is -0.463 e. The highest BCUT2D eigenvalue weighted by Crippen LogP contribution is 2.34. The Morgan fingerprint density at radius 3 is 2.23 bits per heavy atom. The zero-order valence-corrected chi connectivity index (χ0v) is 19.4. The Hall–Kier alpha value is -4.01. The smallest absolute Gasteiger partial charge is 0.303 e. The Kier molecular flexibility index (Phi) is 9.27. The number of isothiocyanates is 1. The molecule has 0 spiro atoms. The fourth-order valence-electron chi connectivity index (χ4n) is 3.32. The molecule has 2 rings (SSSR count). The summed E-state index contributed by atoms with van der Waals surface area (Å²) in [7, 11) is 0. The summed E-state index contributed by atoms with van der Waals surface area (Å²) in [6.07, 6.45) is -5.22. The van der Waals surface area contributed by atoms with Gasteiger partial charge in [0.05, 0.1) is 21.1 Å². The molecule has 16 heteroatoms. The lowest BCUT2D eigenvalue weighted by atomic mass is 9.95. The van der Waals surface area contributed by atoms with Crippen molar-refractivity contribution in [3.63, 3.8) is 0 Å². The van der Waals surface area contributed by atoms with E-state index in [1.807, 2.05) is 0 Å². The van der Waals surface area contributed by atoms with Crippen molar-refractivity contribution in [3.05, 3.63) is 38.4 Å². The van der Waals surface area contributed by atoms with E-state index in [0.29, 0.717) is 0 Å². The second kappa shape index (κ2) is 11.9. The Balaban J connectivity index is 2.58. The number of esters is 3. The van der Waals surface area contributed by atoms with Crippen LogP contribution < -0.4 is 5.32 Å². The Morgan fingerprint density at radius 2 is 1.71 bits per heavy atom. The van der Waals surface area contributed by atoms with Gasteiger partial charge in [0.1, 0.15) is 24.4 Å². The molecule has 0 aromatic heterocycles. The van der Waals surface area contributed by atoms with Gasteiger partial charge in [0.25, 0.3) is 11.4 Å².